The standard InChI is InChI=1S/C14H21N3O/c1-3-15-7-12-9-17(8-11(2)10-18)14-13(12)5-4-6-16-14/h4-6,9,11,15,18H,3,7-8,10H2,1-2H3. The molecular formula is C14H21N3O. The SMILES string of the molecule is CCNCc1cn(CC(C)CO)c2ncccc12. The maximum absolute atomic E-state index is 9.17. The molecule has 4 heteroatoms. The second-order valence-electron chi connectivity index (χ2n) is 4.75. The first-order chi connectivity index (χ1) is 8.76. The van der Waals surface area contributed by atoms with Gasteiger partial charge >= 0.3 is 0 Å². The van der Waals surface area contributed by atoms with Crippen molar-refractivity contribution in [3.05, 3.63) is 30.1 Å². The Labute approximate surface area is 108 Å². The molecule has 2 N–H and O–H groups in total. The smallest absolute Gasteiger partial charge is 0.140 e. The van der Waals surface area contributed by atoms with Crippen LogP contribution in [-0.2, 0) is 13.1 Å². The first-order valence-electron chi connectivity index (χ1n) is 6.50. The van der Waals surface area contributed by atoms with Crippen molar-refractivity contribution >= 4 is 11.0 Å². The average molecular weight is 247 g/mol. The Morgan fingerprint density at radius 1 is 1.50 bits per heavy atom. The topological polar surface area (TPSA) is 50.1 Å². The normalized spacial score (nSPS) is 13.1. The quantitative estimate of drug-likeness (QED) is 0.818. The number of rotatable bonds is 6. The van der Waals surface area contributed by atoms with Gasteiger partial charge in [0.1, 0.15) is 5.65 Å². The van der Waals surface area contributed by atoms with Gasteiger partial charge in [-0.15, -0.1) is 0 Å². The Morgan fingerprint density at radius 2 is 2.33 bits per heavy atom. The second kappa shape index (κ2) is 5.98. The van der Waals surface area contributed by atoms with Gasteiger partial charge in [0.25, 0.3) is 0 Å². The monoisotopic (exact) mass is 247 g/mol. The van der Waals surface area contributed by atoms with Gasteiger partial charge in [-0.1, -0.05) is 13.8 Å². The fourth-order valence-corrected chi connectivity index (χ4v) is 2.13. The minimum absolute atomic E-state index is 0.203. The lowest BCUT2D eigenvalue weighted by molar-refractivity contribution is 0.224. The van der Waals surface area contributed by atoms with Gasteiger partial charge in [0.05, 0.1) is 0 Å². The highest BCUT2D eigenvalue weighted by molar-refractivity contribution is 5.80. The highest BCUT2D eigenvalue weighted by atomic mass is 16.3. The van der Waals surface area contributed by atoms with Crippen molar-refractivity contribution in [2.24, 2.45) is 5.92 Å². The summed E-state index contributed by atoms with van der Waals surface area (Å²) in [5.74, 6) is 0.245. The van der Waals surface area contributed by atoms with Crippen LogP contribution in [0.25, 0.3) is 11.0 Å². The molecule has 98 valence electrons. The molecule has 0 radical (unpaired) electrons. The van der Waals surface area contributed by atoms with Gasteiger partial charge in [0.2, 0.25) is 0 Å². The van der Waals surface area contributed by atoms with Crippen LogP contribution in [-0.4, -0.2) is 27.8 Å². The molecule has 0 aromatic carbocycles. The van der Waals surface area contributed by atoms with Crippen LogP contribution in [0.15, 0.2) is 24.5 Å². The van der Waals surface area contributed by atoms with Crippen molar-refractivity contribution < 1.29 is 5.11 Å². The first kappa shape index (κ1) is 13.1. The van der Waals surface area contributed by atoms with Crippen LogP contribution in [0.1, 0.15) is 19.4 Å². The number of pyridine rings is 1. The largest absolute Gasteiger partial charge is 0.396 e. The molecule has 18 heavy (non-hydrogen) atoms. The summed E-state index contributed by atoms with van der Waals surface area (Å²) in [4.78, 5) is 4.45. The van der Waals surface area contributed by atoms with E-state index < -0.39 is 0 Å². The number of aliphatic hydroxyl groups excluding tert-OH is 1. The zero-order valence-electron chi connectivity index (χ0n) is 11.1. The van der Waals surface area contributed by atoms with Gasteiger partial charge in [0, 0.05) is 37.5 Å². The third-order valence-corrected chi connectivity index (χ3v) is 3.10. The minimum atomic E-state index is 0.203. The molecule has 2 aromatic rings. The van der Waals surface area contributed by atoms with Crippen LogP contribution < -0.4 is 5.32 Å². The summed E-state index contributed by atoms with van der Waals surface area (Å²) in [6.07, 6.45) is 3.96. The van der Waals surface area contributed by atoms with E-state index in [0.717, 1.165) is 25.3 Å². The molecule has 0 saturated carbocycles. The Balaban J connectivity index is 2.34. The minimum Gasteiger partial charge on any atom is -0.396 e. The Kier molecular flexibility index (Phi) is 4.33. The number of aromatic nitrogens is 2. The van der Waals surface area contributed by atoms with Crippen LogP contribution >= 0.6 is 0 Å². The molecule has 1 unspecified atom stereocenters. The lowest BCUT2D eigenvalue weighted by Crippen LogP contribution is -2.12. The fraction of sp³-hybridized carbons (Fsp3) is 0.500. The first-order valence-corrected chi connectivity index (χ1v) is 6.50. The molecule has 1 atom stereocenters. The van der Waals surface area contributed by atoms with Crippen LogP contribution in [0.5, 0.6) is 0 Å². The van der Waals surface area contributed by atoms with Crippen molar-refractivity contribution in [1.82, 2.24) is 14.9 Å². The van der Waals surface area contributed by atoms with Gasteiger partial charge in [-0.3, -0.25) is 0 Å². The molecule has 0 aliphatic carbocycles. The van der Waals surface area contributed by atoms with Crippen LogP contribution in [0, 0.1) is 5.92 Å². The summed E-state index contributed by atoms with van der Waals surface area (Å²) in [6, 6.07) is 4.08. The van der Waals surface area contributed by atoms with E-state index in [1.807, 2.05) is 19.2 Å². The molecule has 2 aromatic heterocycles. The summed E-state index contributed by atoms with van der Waals surface area (Å²) in [5, 5.41) is 13.7. The van der Waals surface area contributed by atoms with Crippen molar-refractivity contribution in [2.45, 2.75) is 26.9 Å². The predicted octanol–water partition coefficient (Wildman–Crippen LogP) is 1.77. The molecular weight excluding hydrogens is 226 g/mol. The van der Waals surface area contributed by atoms with E-state index in [0.29, 0.717) is 0 Å². The Hall–Kier alpha value is -1.39. The van der Waals surface area contributed by atoms with Crippen molar-refractivity contribution in [3.8, 4) is 0 Å². The highest BCUT2D eigenvalue weighted by Crippen LogP contribution is 2.20. The maximum Gasteiger partial charge on any atom is 0.140 e. The molecule has 0 aliphatic heterocycles. The molecule has 0 saturated heterocycles. The summed E-state index contributed by atoms with van der Waals surface area (Å²) < 4.78 is 2.14. The highest BCUT2D eigenvalue weighted by Gasteiger charge is 2.10. The van der Waals surface area contributed by atoms with Gasteiger partial charge in [-0.05, 0) is 30.2 Å². The number of nitrogens with one attached hydrogen (secondary N) is 1. The third kappa shape index (κ3) is 2.71. The lowest BCUT2D eigenvalue weighted by atomic mass is 10.2. The summed E-state index contributed by atoms with van der Waals surface area (Å²) in [5.41, 5.74) is 2.27. The number of hydrogen-bond acceptors (Lipinski definition) is 3. The molecule has 0 fully saturated rings. The van der Waals surface area contributed by atoms with Gasteiger partial charge in [-0.25, -0.2) is 4.98 Å². The second-order valence-corrected chi connectivity index (χ2v) is 4.75. The zero-order valence-corrected chi connectivity index (χ0v) is 11.1. The molecule has 2 rings (SSSR count). The number of nitrogens with zero attached hydrogens (tertiary/aromatic N) is 2. The van der Waals surface area contributed by atoms with Crippen molar-refractivity contribution in [3.63, 3.8) is 0 Å². The maximum atomic E-state index is 9.17. The number of aliphatic hydroxyl groups is 1. The molecule has 0 spiro atoms. The zero-order chi connectivity index (χ0) is 13.0. The van der Waals surface area contributed by atoms with Crippen LogP contribution in [0.4, 0.5) is 0 Å². The predicted molar refractivity (Wildman–Crippen MR) is 73.4 cm³/mol. The molecule has 2 heterocycles. The molecule has 0 bridgehead atoms. The third-order valence-electron chi connectivity index (χ3n) is 3.10. The average Bonchev–Trinajstić information content (AvgIpc) is 2.75. The molecule has 0 aliphatic rings. The van der Waals surface area contributed by atoms with Crippen molar-refractivity contribution in [1.29, 1.82) is 0 Å². The van der Waals surface area contributed by atoms with Crippen LogP contribution in [0.2, 0.25) is 0 Å². The van der Waals surface area contributed by atoms with E-state index >= 15 is 0 Å². The van der Waals surface area contributed by atoms with E-state index in [2.05, 4.69) is 34.1 Å². The Morgan fingerprint density at radius 3 is 3.06 bits per heavy atom. The number of hydrogen-bond donors (Lipinski definition) is 2. The molecule has 0 amide bonds. The van der Waals surface area contributed by atoms with E-state index in [-0.39, 0.29) is 12.5 Å². The summed E-state index contributed by atoms with van der Waals surface area (Å²) >= 11 is 0. The van der Waals surface area contributed by atoms with Gasteiger partial charge in [-0.2, -0.15) is 0 Å². The molecule has 4 nitrogen and oxygen atoms in total. The Bertz CT molecular complexity index is 507. The van der Waals surface area contributed by atoms with Crippen LogP contribution in [0.3, 0.4) is 0 Å². The van der Waals surface area contributed by atoms with Gasteiger partial charge < -0.3 is 15.0 Å². The fourth-order valence-electron chi connectivity index (χ4n) is 2.13. The van der Waals surface area contributed by atoms with E-state index in [4.69, 9.17) is 0 Å². The lowest BCUT2D eigenvalue weighted by Gasteiger charge is -2.09. The number of fused-ring (bicyclic) bond motifs is 1. The van der Waals surface area contributed by atoms with Gasteiger partial charge in [0.15, 0.2) is 0 Å². The van der Waals surface area contributed by atoms with Crippen molar-refractivity contribution in [2.75, 3.05) is 13.2 Å². The van der Waals surface area contributed by atoms with E-state index in [9.17, 15) is 5.11 Å². The summed E-state index contributed by atoms with van der Waals surface area (Å²) in [7, 11) is 0. The van der Waals surface area contributed by atoms with E-state index in [1.54, 1.807) is 0 Å². The summed E-state index contributed by atoms with van der Waals surface area (Å²) in [6.45, 7) is 6.97. The van der Waals surface area contributed by atoms with E-state index in [1.165, 1.54) is 10.9 Å².